The second kappa shape index (κ2) is 14.5. The van der Waals surface area contributed by atoms with Crippen molar-refractivity contribution in [3.8, 4) is 11.1 Å². The molecule has 0 saturated heterocycles. The van der Waals surface area contributed by atoms with E-state index < -0.39 is 12.6 Å². The quantitative estimate of drug-likeness (QED) is 0.0647. The first-order valence-corrected chi connectivity index (χ1v) is 22.2. The van der Waals surface area contributed by atoms with E-state index in [1.165, 1.54) is 51.2 Å². The van der Waals surface area contributed by atoms with Gasteiger partial charge < -0.3 is 4.57 Å². The molecule has 0 bridgehead atoms. The molecule has 0 aliphatic heterocycles. The monoisotopic (exact) mass is 806 g/mol. The Labute approximate surface area is 352 Å². The van der Waals surface area contributed by atoms with E-state index in [9.17, 15) is 8.78 Å². The largest absolute Gasteiger partial charge is 0.309 e. The summed E-state index contributed by atoms with van der Waals surface area (Å²) in [4.78, 5) is 0. The van der Waals surface area contributed by atoms with Crippen LogP contribution in [-0.4, -0.2) is 0 Å². The van der Waals surface area contributed by atoms with E-state index in [1.807, 2.05) is 109 Å². The van der Waals surface area contributed by atoms with E-state index in [-0.39, 0.29) is 11.6 Å². The molecule has 0 spiro atoms. The van der Waals surface area contributed by atoms with Gasteiger partial charge in [0.15, 0.2) is 7.14 Å². The van der Waals surface area contributed by atoms with Gasteiger partial charge in [-0.2, -0.15) is 0 Å². The number of hydrogen-bond donors (Lipinski definition) is 0. The summed E-state index contributed by atoms with van der Waals surface area (Å²) in [5.74, 6) is -0.665. The van der Waals surface area contributed by atoms with Crippen LogP contribution >= 0.6 is 7.14 Å². The van der Waals surface area contributed by atoms with Crippen molar-refractivity contribution in [2.45, 2.75) is 5.41 Å². The van der Waals surface area contributed by atoms with E-state index >= 15 is 4.57 Å². The Kier molecular flexibility index (Phi) is 8.77. The van der Waals surface area contributed by atoms with Crippen molar-refractivity contribution < 1.29 is 13.3 Å². The van der Waals surface area contributed by atoms with E-state index in [0.717, 1.165) is 65.5 Å². The van der Waals surface area contributed by atoms with Crippen molar-refractivity contribution in [2.24, 2.45) is 0 Å². The molecule has 0 aromatic heterocycles. The minimum Gasteiger partial charge on any atom is -0.309 e. The van der Waals surface area contributed by atoms with Crippen molar-refractivity contribution in [3.05, 3.63) is 258 Å². The summed E-state index contributed by atoms with van der Waals surface area (Å²) in [6, 6.07) is 73.4. The number of benzene rings is 11. The molecule has 11 aromatic rings. The minimum absolute atomic E-state index is 0.332. The molecule has 0 saturated carbocycles. The highest BCUT2D eigenvalue weighted by atomic mass is 31.2. The Bertz CT molecular complexity index is 3320. The zero-order chi connectivity index (χ0) is 41.1. The summed E-state index contributed by atoms with van der Waals surface area (Å²) in [6.45, 7) is 0. The van der Waals surface area contributed by atoms with Crippen LogP contribution in [0.4, 0.5) is 8.78 Å². The Morgan fingerprint density at radius 1 is 0.328 bits per heavy atom. The third-order valence-electron chi connectivity index (χ3n) is 12.6. The molecule has 0 fully saturated rings. The molecule has 0 heterocycles. The highest BCUT2D eigenvalue weighted by Crippen LogP contribution is 2.50. The van der Waals surface area contributed by atoms with Crippen molar-refractivity contribution in [3.63, 3.8) is 0 Å². The highest BCUT2D eigenvalue weighted by molar-refractivity contribution is 7.85. The third-order valence-corrected chi connectivity index (χ3v) is 15.6. The molecule has 0 aliphatic rings. The SMILES string of the molecule is O=P(c1ccccc1)(c1ccccc1)c1ccc(-c2ccc(C(c3ccc(F)cc3)(c3ccc(F)cc3)c3cc4cccc5c6cccc7cccc(c(c3)c45)c76)cc2)cc1. The molecule has 290 valence electrons. The average molecular weight is 807 g/mol. The number of fused-ring (bicyclic) bond motifs is 2. The van der Waals surface area contributed by atoms with Crippen LogP contribution in [0, 0.1) is 11.6 Å². The number of hydrogen-bond acceptors (Lipinski definition) is 1. The van der Waals surface area contributed by atoms with E-state index in [0.29, 0.717) is 0 Å². The fourth-order valence-corrected chi connectivity index (χ4v) is 12.4. The van der Waals surface area contributed by atoms with Gasteiger partial charge in [-0.05, 0) is 113 Å². The maximum absolute atomic E-state index is 15.1. The van der Waals surface area contributed by atoms with Crippen LogP contribution in [0.5, 0.6) is 0 Å². The number of rotatable bonds is 8. The predicted octanol–water partition coefficient (Wildman–Crippen LogP) is 13.7. The van der Waals surface area contributed by atoms with Gasteiger partial charge in [-0.25, -0.2) is 8.78 Å². The minimum atomic E-state index is -3.14. The highest BCUT2D eigenvalue weighted by Gasteiger charge is 2.39. The Morgan fingerprint density at radius 2 is 0.721 bits per heavy atom. The fourth-order valence-electron chi connectivity index (χ4n) is 9.77. The first kappa shape index (κ1) is 36.9. The summed E-state index contributed by atoms with van der Waals surface area (Å²) in [5, 5.41) is 11.7. The second-order valence-corrected chi connectivity index (χ2v) is 18.6. The smallest absolute Gasteiger partial charge is 0.171 e. The lowest BCUT2D eigenvalue weighted by molar-refractivity contribution is 0.592. The first-order chi connectivity index (χ1) is 29.9. The van der Waals surface area contributed by atoms with Gasteiger partial charge in [-0.15, -0.1) is 0 Å². The molecule has 4 heteroatoms. The van der Waals surface area contributed by atoms with E-state index in [1.54, 1.807) is 0 Å². The molecule has 0 unspecified atom stereocenters. The van der Waals surface area contributed by atoms with Gasteiger partial charge in [0, 0.05) is 15.9 Å². The van der Waals surface area contributed by atoms with Crippen molar-refractivity contribution >= 4 is 66.1 Å². The Balaban J connectivity index is 1.12. The summed E-state index contributed by atoms with van der Waals surface area (Å²) < 4.78 is 44.8. The van der Waals surface area contributed by atoms with Gasteiger partial charge in [0.05, 0.1) is 5.41 Å². The predicted molar refractivity (Wildman–Crippen MR) is 251 cm³/mol. The van der Waals surface area contributed by atoms with Crippen LogP contribution < -0.4 is 15.9 Å². The maximum Gasteiger partial charge on any atom is 0.171 e. The van der Waals surface area contributed by atoms with Gasteiger partial charge in [-0.3, -0.25) is 0 Å². The summed E-state index contributed by atoms with van der Waals surface area (Å²) in [6.07, 6.45) is 0. The normalized spacial score (nSPS) is 12.2. The molecular weight excluding hydrogens is 770 g/mol. The first-order valence-electron chi connectivity index (χ1n) is 20.5. The molecule has 0 atom stereocenters. The van der Waals surface area contributed by atoms with Crippen LogP contribution in [0.2, 0.25) is 0 Å². The summed E-state index contributed by atoms with van der Waals surface area (Å²) >= 11 is 0. The summed E-state index contributed by atoms with van der Waals surface area (Å²) in [5.41, 5.74) is 4.62. The molecule has 0 N–H and O–H groups in total. The topological polar surface area (TPSA) is 17.1 Å². The number of halogens is 2. The van der Waals surface area contributed by atoms with Gasteiger partial charge in [-0.1, -0.05) is 188 Å². The molecule has 61 heavy (non-hydrogen) atoms. The lowest BCUT2D eigenvalue weighted by Gasteiger charge is -2.37. The Hall–Kier alpha value is -7.19. The average Bonchev–Trinajstić information content (AvgIpc) is 3.32. The van der Waals surface area contributed by atoms with Crippen LogP contribution in [0.15, 0.2) is 224 Å². The van der Waals surface area contributed by atoms with Crippen LogP contribution in [0.1, 0.15) is 22.3 Å². The molecule has 0 amide bonds. The molecular formula is C57H37F2OP. The molecule has 1 nitrogen and oxygen atoms in total. The van der Waals surface area contributed by atoms with Gasteiger partial charge in [0.25, 0.3) is 0 Å². The van der Waals surface area contributed by atoms with Crippen LogP contribution in [0.3, 0.4) is 0 Å². The molecule has 11 rings (SSSR count). The summed E-state index contributed by atoms with van der Waals surface area (Å²) in [7, 11) is -3.14. The van der Waals surface area contributed by atoms with Gasteiger partial charge >= 0.3 is 0 Å². The zero-order valence-electron chi connectivity index (χ0n) is 33.0. The lowest BCUT2D eigenvalue weighted by atomic mass is 9.64. The van der Waals surface area contributed by atoms with Crippen LogP contribution in [-0.2, 0) is 9.98 Å². The van der Waals surface area contributed by atoms with E-state index in [4.69, 9.17) is 0 Å². The van der Waals surface area contributed by atoms with Crippen LogP contribution in [0.25, 0.3) is 54.2 Å². The third kappa shape index (κ3) is 5.84. The van der Waals surface area contributed by atoms with Gasteiger partial charge in [0.1, 0.15) is 11.6 Å². The fraction of sp³-hybridized carbons (Fsp3) is 0.0175. The lowest BCUT2D eigenvalue weighted by Crippen LogP contribution is -2.31. The van der Waals surface area contributed by atoms with Crippen molar-refractivity contribution in [2.75, 3.05) is 0 Å². The van der Waals surface area contributed by atoms with Gasteiger partial charge in [0.2, 0.25) is 0 Å². The Morgan fingerprint density at radius 3 is 1.21 bits per heavy atom. The van der Waals surface area contributed by atoms with Crippen molar-refractivity contribution in [1.82, 2.24) is 0 Å². The second-order valence-electron chi connectivity index (χ2n) is 15.8. The van der Waals surface area contributed by atoms with E-state index in [2.05, 4.69) is 91.0 Å². The zero-order valence-corrected chi connectivity index (χ0v) is 33.9. The standard InChI is InChI=1S/C57H37F2OP/c58-46-30-26-43(27-31-46)57(44-28-32-47(59)33-29-44,45-36-41-12-9-18-52-51-17-7-10-40-11-8-19-53(55(40)51)54(37-45)56(41)52)42-24-20-38(21-25-42)39-22-34-50(35-23-39)61(60,48-13-3-1-4-14-48)49-15-5-2-6-16-49/h1-37H. The van der Waals surface area contributed by atoms with Crippen molar-refractivity contribution in [1.29, 1.82) is 0 Å². The molecule has 0 radical (unpaired) electrons. The molecule has 11 aromatic carbocycles. The maximum atomic E-state index is 15.1. The molecule has 0 aliphatic carbocycles.